The second kappa shape index (κ2) is 4.85. The van der Waals surface area contributed by atoms with E-state index in [1.165, 1.54) is 5.41 Å². The highest BCUT2D eigenvalue weighted by atomic mass is 32.2. The van der Waals surface area contributed by atoms with Crippen molar-refractivity contribution in [2.24, 2.45) is 0 Å². The molecule has 3 atom stereocenters. The number of hydrogen-bond acceptors (Lipinski definition) is 4. The highest BCUT2D eigenvalue weighted by molar-refractivity contribution is 7.94. The third-order valence-electron chi connectivity index (χ3n) is 3.34. The minimum absolute atomic E-state index is 0.00870. The number of methoxy groups -OCH3 is 1. The maximum atomic E-state index is 11.3. The molecule has 0 bridgehead atoms. The first-order chi connectivity index (χ1) is 7.59. The van der Waals surface area contributed by atoms with E-state index >= 15 is 0 Å². The lowest BCUT2D eigenvalue weighted by Gasteiger charge is -2.30. The van der Waals surface area contributed by atoms with Crippen LogP contribution in [-0.4, -0.2) is 39.5 Å². The van der Waals surface area contributed by atoms with Crippen LogP contribution in [0, 0.1) is 0 Å². The Morgan fingerprint density at radius 3 is 2.81 bits per heavy atom. The lowest BCUT2D eigenvalue weighted by molar-refractivity contribution is 0.0582. The van der Waals surface area contributed by atoms with E-state index in [-0.39, 0.29) is 11.8 Å². The predicted molar refractivity (Wildman–Crippen MR) is 62.9 cm³/mol. The van der Waals surface area contributed by atoms with Crippen LogP contribution in [0.1, 0.15) is 25.7 Å². The zero-order valence-corrected chi connectivity index (χ0v) is 10.4. The standard InChI is InChI=1S/C11H19NO3S/c1-15-11-4-2-3-9(7-11)12-10-5-6-16(13,14)8-10/h5-6,9-12H,2-4,7-8H2,1H3. The summed E-state index contributed by atoms with van der Waals surface area (Å²) in [6.45, 7) is 0. The van der Waals surface area contributed by atoms with Gasteiger partial charge >= 0.3 is 0 Å². The van der Waals surface area contributed by atoms with Gasteiger partial charge in [0.1, 0.15) is 0 Å². The number of nitrogens with one attached hydrogen (secondary N) is 1. The molecule has 16 heavy (non-hydrogen) atoms. The van der Waals surface area contributed by atoms with Crippen molar-refractivity contribution in [2.75, 3.05) is 12.9 Å². The highest BCUT2D eigenvalue weighted by Crippen LogP contribution is 2.22. The van der Waals surface area contributed by atoms with Gasteiger partial charge in [-0.3, -0.25) is 0 Å². The lowest BCUT2D eigenvalue weighted by atomic mass is 9.92. The average molecular weight is 245 g/mol. The van der Waals surface area contributed by atoms with Crippen molar-refractivity contribution in [3.8, 4) is 0 Å². The molecule has 0 amide bonds. The van der Waals surface area contributed by atoms with Crippen molar-refractivity contribution in [3.63, 3.8) is 0 Å². The summed E-state index contributed by atoms with van der Waals surface area (Å²) < 4.78 is 27.9. The summed E-state index contributed by atoms with van der Waals surface area (Å²) in [6, 6.07) is 0.382. The number of ether oxygens (including phenoxy) is 1. The second-order valence-electron chi connectivity index (χ2n) is 4.65. The smallest absolute Gasteiger partial charge is 0.173 e. The molecule has 0 aromatic rings. The summed E-state index contributed by atoms with van der Waals surface area (Å²) in [4.78, 5) is 0. The van der Waals surface area contributed by atoms with Crippen LogP contribution in [0.25, 0.3) is 0 Å². The normalized spacial score (nSPS) is 37.7. The predicted octanol–water partition coefficient (Wildman–Crippen LogP) is 0.844. The summed E-state index contributed by atoms with van der Waals surface area (Å²) >= 11 is 0. The highest BCUT2D eigenvalue weighted by Gasteiger charge is 2.27. The molecule has 92 valence electrons. The Morgan fingerprint density at radius 1 is 1.38 bits per heavy atom. The fourth-order valence-corrected chi connectivity index (χ4v) is 3.74. The number of hydrogen-bond donors (Lipinski definition) is 1. The van der Waals surface area contributed by atoms with Crippen LogP contribution in [0.4, 0.5) is 0 Å². The summed E-state index contributed by atoms with van der Waals surface area (Å²) in [5.41, 5.74) is 0. The van der Waals surface area contributed by atoms with Gasteiger partial charge in [0.25, 0.3) is 0 Å². The first-order valence-corrected chi connectivity index (χ1v) is 7.50. The Kier molecular flexibility index (Phi) is 3.66. The van der Waals surface area contributed by atoms with Gasteiger partial charge in [-0.2, -0.15) is 0 Å². The molecular weight excluding hydrogens is 226 g/mol. The molecule has 1 N–H and O–H groups in total. The van der Waals surface area contributed by atoms with Crippen LogP contribution in [-0.2, 0) is 14.6 Å². The van der Waals surface area contributed by atoms with Crippen LogP contribution in [0.5, 0.6) is 0 Å². The van der Waals surface area contributed by atoms with Gasteiger partial charge in [0.2, 0.25) is 0 Å². The monoisotopic (exact) mass is 245 g/mol. The Bertz CT molecular complexity index is 363. The minimum atomic E-state index is -2.94. The molecule has 1 aliphatic carbocycles. The van der Waals surface area contributed by atoms with E-state index in [0.29, 0.717) is 12.1 Å². The van der Waals surface area contributed by atoms with E-state index < -0.39 is 9.84 Å². The van der Waals surface area contributed by atoms with Crippen LogP contribution >= 0.6 is 0 Å². The molecule has 1 saturated carbocycles. The molecule has 1 fully saturated rings. The SMILES string of the molecule is COC1CCCC(NC2C=CS(=O)(=O)C2)C1. The molecule has 0 aromatic heterocycles. The molecule has 2 aliphatic rings. The first kappa shape index (κ1) is 12.1. The Labute approximate surface area is 97.0 Å². The third-order valence-corrected chi connectivity index (χ3v) is 4.73. The van der Waals surface area contributed by atoms with E-state index in [2.05, 4.69) is 5.32 Å². The zero-order valence-electron chi connectivity index (χ0n) is 9.56. The van der Waals surface area contributed by atoms with Crippen LogP contribution in [0.3, 0.4) is 0 Å². The number of sulfone groups is 1. The van der Waals surface area contributed by atoms with Crippen LogP contribution in [0.2, 0.25) is 0 Å². The Morgan fingerprint density at radius 2 is 2.19 bits per heavy atom. The van der Waals surface area contributed by atoms with Gasteiger partial charge in [0.05, 0.1) is 11.9 Å². The lowest BCUT2D eigenvalue weighted by Crippen LogP contribution is -2.43. The van der Waals surface area contributed by atoms with Crippen molar-refractivity contribution in [2.45, 2.75) is 43.9 Å². The van der Waals surface area contributed by atoms with Crippen LogP contribution < -0.4 is 5.32 Å². The van der Waals surface area contributed by atoms with Gasteiger partial charge in [0, 0.05) is 24.6 Å². The molecule has 0 spiro atoms. The van der Waals surface area contributed by atoms with Gasteiger partial charge in [-0.05, 0) is 25.7 Å². The molecule has 2 rings (SSSR count). The zero-order chi connectivity index (χ0) is 11.6. The van der Waals surface area contributed by atoms with Crippen molar-refractivity contribution < 1.29 is 13.2 Å². The Hall–Kier alpha value is -0.390. The van der Waals surface area contributed by atoms with E-state index in [0.717, 1.165) is 25.7 Å². The van der Waals surface area contributed by atoms with Crippen molar-refractivity contribution in [3.05, 3.63) is 11.5 Å². The molecule has 4 nitrogen and oxygen atoms in total. The second-order valence-corrected chi connectivity index (χ2v) is 6.58. The molecule has 3 unspecified atom stereocenters. The molecule has 0 aromatic carbocycles. The average Bonchev–Trinajstić information content (AvgIpc) is 2.58. The topological polar surface area (TPSA) is 55.4 Å². The number of rotatable bonds is 3. The minimum Gasteiger partial charge on any atom is -0.381 e. The quantitative estimate of drug-likeness (QED) is 0.800. The van der Waals surface area contributed by atoms with E-state index in [9.17, 15) is 8.42 Å². The molecular formula is C11H19NO3S. The summed E-state index contributed by atoms with van der Waals surface area (Å²) in [5, 5.41) is 4.71. The summed E-state index contributed by atoms with van der Waals surface area (Å²) in [6.07, 6.45) is 6.46. The van der Waals surface area contributed by atoms with Gasteiger partial charge in [0.15, 0.2) is 9.84 Å². The van der Waals surface area contributed by atoms with Crippen molar-refractivity contribution in [1.29, 1.82) is 0 Å². The fraction of sp³-hybridized carbons (Fsp3) is 0.818. The summed E-state index contributed by atoms with van der Waals surface area (Å²) in [7, 11) is -1.20. The largest absolute Gasteiger partial charge is 0.381 e. The third kappa shape index (κ3) is 3.06. The van der Waals surface area contributed by atoms with Crippen molar-refractivity contribution in [1.82, 2.24) is 5.32 Å². The molecule has 0 radical (unpaired) electrons. The maximum Gasteiger partial charge on any atom is 0.173 e. The summed E-state index contributed by atoms with van der Waals surface area (Å²) in [5.74, 6) is 0.209. The van der Waals surface area contributed by atoms with E-state index in [1.807, 2.05) is 0 Å². The molecule has 0 saturated heterocycles. The maximum absolute atomic E-state index is 11.3. The van der Waals surface area contributed by atoms with Gasteiger partial charge < -0.3 is 10.1 Å². The van der Waals surface area contributed by atoms with E-state index in [4.69, 9.17) is 4.74 Å². The molecule has 5 heteroatoms. The van der Waals surface area contributed by atoms with Crippen LogP contribution in [0.15, 0.2) is 11.5 Å². The van der Waals surface area contributed by atoms with Gasteiger partial charge in [-0.15, -0.1) is 0 Å². The van der Waals surface area contributed by atoms with E-state index in [1.54, 1.807) is 13.2 Å². The molecule has 1 heterocycles. The van der Waals surface area contributed by atoms with Gasteiger partial charge in [-0.25, -0.2) is 8.42 Å². The van der Waals surface area contributed by atoms with Crippen molar-refractivity contribution >= 4 is 9.84 Å². The Balaban J connectivity index is 1.84. The fourth-order valence-electron chi connectivity index (χ4n) is 2.49. The van der Waals surface area contributed by atoms with Gasteiger partial charge in [-0.1, -0.05) is 6.08 Å². The first-order valence-electron chi connectivity index (χ1n) is 5.79. The molecule has 1 aliphatic heterocycles.